The van der Waals surface area contributed by atoms with Gasteiger partial charge in [-0.3, -0.25) is 4.79 Å². The number of hydrogen-bond donors (Lipinski definition) is 1. The van der Waals surface area contributed by atoms with Gasteiger partial charge in [0.15, 0.2) is 0 Å². The minimum atomic E-state index is 0.0396. The van der Waals surface area contributed by atoms with Crippen molar-refractivity contribution in [2.24, 2.45) is 11.0 Å². The van der Waals surface area contributed by atoms with Gasteiger partial charge in [-0.25, -0.2) is 5.43 Å². The molecule has 2 atom stereocenters. The van der Waals surface area contributed by atoms with E-state index in [4.69, 9.17) is 0 Å². The van der Waals surface area contributed by atoms with Gasteiger partial charge in [0.2, 0.25) is 5.91 Å². The number of nitrogens with one attached hydrogen (secondary N) is 1. The van der Waals surface area contributed by atoms with Gasteiger partial charge in [0.05, 0.1) is 5.71 Å². The fraction of sp³-hybridized carbons (Fsp3) is 0.364. The molecule has 0 spiro atoms. The fourth-order valence-electron chi connectivity index (χ4n) is 3.20. The molecule has 3 nitrogen and oxygen atoms in total. The van der Waals surface area contributed by atoms with Gasteiger partial charge in [-0.15, -0.1) is 0 Å². The van der Waals surface area contributed by atoms with Crippen LogP contribution in [-0.4, -0.2) is 11.6 Å². The zero-order valence-corrected chi connectivity index (χ0v) is 14.8. The molecule has 3 heteroatoms. The van der Waals surface area contributed by atoms with E-state index < -0.39 is 0 Å². The molecular formula is C22H26N2O. The van der Waals surface area contributed by atoms with Crippen molar-refractivity contribution < 1.29 is 4.79 Å². The highest BCUT2D eigenvalue weighted by Gasteiger charge is 2.43. The molecule has 0 radical (unpaired) electrons. The summed E-state index contributed by atoms with van der Waals surface area (Å²) >= 11 is 0. The van der Waals surface area contributed by atoms with Gasteiger partial charge in [0.25, 0.3) is 0 Å². The molecular weight excluding hydrogens is 308 g/mol. The number of rotatable bonds is 8. The lowest BCUT2D eigenvalue weighted by Gasteiger charge is -2.07. The van der Waals surface area contributed by atoms with E-state index in [2.05, 4.69) is 41.7 Å². The lowest BCUT2D eigenvalue weighted by atomic mass is 10.0. The Labute approximate surface area is 150 Å². The first-order valence-corrected chi connectivity index (χ1v) is 9.26. The minimum Gasteiger partial charge on any atom is -0.273 e. The van der Waals surface area contributed by atoms with Gasteiger partial charge in [0.1, 0.15) is 0 Å². The van der Waals surface area contributed by atoms with Crippen molar-refractivity contribution in [3.05, 3.63) is 71.8 Å². The number of amides is 1. The van der Waals surface area contributed by atoms with E-state index in [9.17, 15) is 4.79 Å². The van der Waals surface area contributed by atoms with Crippen LogP contribution in [0.2, 0.25) is 0 Å². The van der Waals surface area contributed by atoms with Crippen LogP contribution < -0.4 is 5.43 Å². The van der Waals surface area contributed by atoms with Crippen LogP contribution in [0, 0.1) is 5.92 Å². The molecule has 3 rings (SSSR count). The molecule has 1 aliphatic carbocycles. The molecule has 1 N–H and O–H groups in total. The Kier molecular flexibility index (Phi) is 5.99. The zero-order chi connectivity index (χ0) is 17.5. The predicted octanol–water partition coefficient (Wildman–Crippen LogP) is 4.89. The summed E-state index contributed by atoms with van der Waals surface area (Å²) in [6, 6.07) is 20.4. The van der Waals surface area contributed by atoms with Crippen molar-refractivity contribution >= 4 is 11.6 Å². The number of benzene rings is 2. The number of nitrogens with zero attached hydrogens (tertiary/aromatic N) is 1. The molecule has 1 amide bonds. The van der Waals surface area contributed by atoms with Crippen LogP contribution in [0.5, 0.6) is 0 Å². The van der Waals surface area contributed by atoms with E-state index in [1.165, 1.54) is 18.4 Å². The minimum absolute atomic E-state index is 0.0396. The van der Waals surface area contributed by atoms with Gasteiger partial charge in [-0.1, -0.05) is 80.4 Å². The second-order valence-corrected chi connectivity index (χ2v) is 6.72. The van der Waals surface area contributed by atoms with Crippen LogP contribution in [0.4, 0.5) is 0 Å². The molecule has 1 fully saturated rings. The maximum absolute atomic E-state index is 12.4. The number of carbonyl (C=O) groups is 1. The largest absolute Gasteiger partial charge is 0.273 e. The first-order valence-electron chi connectivity index (χ1n) is 9.26. The smallest absolute Gasteiger partial charge is 0.243 e. The van der Waals surface area contributed by atoms with E-state index in [0.29, 0.717) is 5.92 Å². The van der Waals surface area contributed by atoms with Crippen LogP contribution in [0.1, 0.15) is 56.1 Å². The number of unbranched alkanes of at least 4 members (excludes halogenated alkanes) is 2. The third kappa shape index (κ3) is 4.79. The molecule has 0 heterocycles. The van der Waals surface area contributed by atoms with Crippen LogP contribution in [0.15, 0.2) is 65.8 Å². The van der Waals surface area contributed by atoms with Crippen molar-refractivity contribution in [2.45, 2.75) is 44.9 Å². The SMILES string of the molecule is CCCCC/C(=N/NC(=O)[C@@H]1C[C@@H]1c1ccccc1)c1ccccc1. The number of hydrogen-bond acceptors (Lipinski definition) is 2. The molecule has 1 saturated carbocycles. The lowest BCUT2D eigenvalue weighted by Crippen LogP contribution is -2.22. The van der Waals surface area contributed by atoms with Gasteiger partial charge in [-0.2, -0.15) is 5.10 Å². The first kappa shape index (κ1) is 17.4. The molecule has 130 valence electrons. The van der Waals surface area contributed by atoms with Gasteiger partial charge < -0.3 is 0 Å². The zero-order valence-electron chi connectivity index (χ0n) is 14.8. The molecule has 2 aromatic carbocycles. The molecule has 0 unspecified atom stereocenters. The Balaban J connectivity index is 1.62. The molecule has 25 heavy (non-hydrogen) atoms. The quantitative estimate of drug-likeness (QED) is 0.417. The van der Waals surface area contributed by atoms with Crippen molar-refractivity contribution in [1.29, 1.82) is 0 Å². The van der Waals surface area contributed by atoms with Crippen molar-refractivity contribution in [1.82, 2.24) is 5.43 Å². The van der Waals surface area contributed by atoms with E-state index in [1.54, 1.807) is 0 Å². The van der Waals surface area contributed by atoms with Gasteiger partial charge in [0, 0.05) is 5.92 Å². The number of carbonyl (C=O) groups excluding carboxylic acids is 1. The van der Waals surface area contributed by atoms with E-state index in [0.717, 1.165) is 30.5 Å². The Morgan fingerprint density at radius 2 is 1.72 bits per heavy atom. The van der Waals surface area contributed by atoms with Crippen molar-refractivity contribution in [2.75, 3.05) is 0 Å². The monoisotopic (exact) mass is 334 g/mol. The van der Waals surface area contributed by atoms with Crippen LogP contribution >= 0.6 is 0 Å². The summed E-state index contributed by atoms with van der Waals surface area (Å²) < 4.78 is 0. The van der Waals surface area contributed by atoms with Gasteiger partial charge in [-0.05, 0) is 36.3 Å². The highest BCUT2D eigenvalue weighted by Crippen LogP contribution is 2.47. The summed E-state index contributed by atoms with van der Waals surface area (Å²) in [6.45, 7) is 2.19. The molecule has 2 aromatic rings. The topological polar surface area (TPSA) is 41.5 Å². The standard InChI is InChI=1S/C22H26N2O/c1-2-3-6-15-21(18-13-9-5-10-14-18)23-24-22(25)20-16-19(20)17-11-7-4-8-12-17/h4-5,7-14,19-20H,2-3,6,15-16H2,1H3,(H,24,25)/b23-21-/t19-,20-/m1/s1. The van der Waals surface area contributed by atoms with E-state index in [1.807, 2.05) is 36.4 Å². The summed E-state index contributed by atoms with van der Waals surface area (Å²) in [4.78, 5) is 12.4. The second kappa shape index (κ2) is 8.61. The first-order chi connectivity index (χ1) is 12.3. The maximum Gasteiger partial charge on any atom is 0.243 e. The van der Waals surface area contributed by atoms with Crippen molar-refractivity contribution in [3.63, 3.8) is 0 Å². The van der Waals surface area contributed by atoms with Gasteiger partial charge >= 0.3 is 0 Å². The second-order valence-electron chi connectivity index (χ2n) is 6.72. The summed E-state index contributed by atoms with van der Waals surface area (Å²) in [5, 5.41) is 4.47. The summed E-state index contributed by atoms with van der Waals surface area (Å²) in [5.41, 5.74) is 6.13. The van der Waals surface area contributed by atoms with Crippen molar-refractivity contribution in [3.8, 4) is 0 Å². The third-order valence-corrected chi connectivity index (χ3v) is 4.78. The summed E-state index contributed by atoms with van der Waals surface area (Å²) in [7, 11) is 0. The third-order valence-electron chi connectivity index (χ3n) is 4.78. The molecule has 0 saturated heterocycles. The molecule has 1 aliphatic rings. The molecule has 0 aliphatic heterocycles. The average molecular weight is 334 g/mol. The molecule has 0 bridgehead atoms. The van der Waals surface area contributed by atoms with Crippen LogP contribution in [0.3, 0.4) is 0 Å². The number of hydrazone groups is 1. The lowest BCUT2D eigenvalue weighted by molar-refractivity contribution is -0.122. The highest BCUT2D eigenvalue weighted by molar-refractivity contribution is 6.01. The normalized spacial score (nSPS) is 19.5. The Bertz CT molecular complexity index is 709. The average Bonchev–Trinajstić information content (AvgIpc) is 3.47. The Morgan fingerprint density at radius 1 is 1.04 bits per heavy atom. The van der Waals surface area contributed by atoms with E-state index in [-0.39, 0.29) is 11.8 Å². The predicted molar refractivity (Wildman–Crippen MR) is 103 cm³/mol. The molecule has 0 aromatic heterocycles. The Morgan fingerprint density at radius 3 is 2.40 bits per heavy atom. The van der Waals surface area contributed by atoms with Crippen LogP contribution in [-0.2, 0) is 4.79 Å². The maximum atomic E-state index is 12.4. The highest BCUT2D eigenvalue weighted by atomic mass is 16.2. The van der Waals surface area contributed by atoms with E-state index >= 15 is 0 Å². The summed E-state index contributed by atoms with van der Waals surface area (Å²) in [5.74, 6) is 0.438. The Hall–Kier alpha value is -2.42. The van der Waals surface area contributed by atoms with Crippen LogP contribution in [0.25, 0.3) is 0 Å². The summed E-state index contributed by atoms with van der Waals surface area (Å²) in [6.07, 6.45) is 5.26. The fourth-order valence-corrected chi connectivity index (χ4v) is 3.20.